The lowest BCUT2D eigenvalue weighted by atomic mass is 9.84. The Bertz CT molecular complexity index is 889. The molecule has 0 saturated carbocycles. The van der Waals surface area contributed by atoms with E-state index in [9.17, 15) is 9.59 Å². The van der Waals surface area contributed by atoms with Gasteiger partial charge in [-0.1, -0.05) is 66.7 Å². The zero-order chi connectivity index (χ0) is 20.4. The number of fused-ring (bicyclic) bond motifs is 2. The van der Waals surface area contributed by atoms with Crippen LogP contribution >= 0.6 is 0 Å². The zero-order valence-electron chi connectivity index (χ0n) is 16.8. The maximum Gasteiger partial charge on any atom is 0.410 e. The Balaban J connectivity index is 1.38. The second-order valence-corrected chi connectivity index (χ2v) is 8.22. The van der Waals surface area contributed by atoms with Crippen molar-refractivity contribution in [3.8, 4) is 0 Å². The molecule has 2 saturated heterocycles. The van der Waals surface area contributed by atoms with Crippen LogP contribution < -0.4 is 0 Å². The maximum atomic E-state index is 13.0. The highest BCUT2D eigenvalue weighted by molar-refractivity contribution is 5.98. The third-order valence-electron chi connectivity index (χ3n) is 6.18. The molecule has 2 aromatic carbocycles. The van der Waals surface area contributed by atoms with Crippen LogP contribution in [0.25, 0.3) is 5.57 Å². The third kappa shape index (κ3) is 4.12. The average Bonchev–Trinajstić information content (AvgIpc) is 3.01. The monoisotopic (exact) mass is 389 g/mol. The molecule has 150 valence electrons. The van der Waals surface area contributed by atoms with Gasteiger partial charge in [-0.3, -0.25) is 4.79 Å². The van der Waals surface area contributed by atoms with E-state index in [0.717, 1.165) is 47.9 Å². The summed E-state index contributed by atoms with van der Waals surface area (Å²) in [5.74, 6) is 0.161. The van der Waals surface area contributed by atoms with Gasteiger partial charge in [-0.05, 0) is 43.7 Å². The van der Waals surface area contributed by atoms with Crippen LogP contribution in [0.3, 0.4) is 0 Å². The normalized spacial score (nSPS) is 22.9. The summed E-state index contributed by atoms with van der Waals surface area (Å²) in [6.45, 7) is 6.19. The summed E-state index contributed by atoms with van der Waals surface area (Å²) in [5.41, 5.74) is 3.78. The van der Waals surface area contributed by atoms with Crippen LogP contribution in [0.4, 0.5) is 4.79 Å². The Morgan fingerprint density at radius 2 is 1.55 bits per heavy atom. The first-order chi connectivity index (χ1) is 14.0. The molecule has 4 nitrogen and oxygen atoms in total. The van der Waals surface area contributed by atoms with E-state index >= 15 is 0 Å². The molecule has 2 bridgehead atoms. The van der Waals surface area contributed by atoms with Gasteiger partial charge in [0.2, 0.25) is 0 Å². The molecule has 2 aromatic rings. The number of hydrogen-bond donors (Lipinski definition) is 0. The smallest absolute Gasteiger partial charge is 0.410 e. The van der Waals surface area contributed by atoms with Crippen molar-refractivity contribution in [1.82, 2.24) is 4.90 Å². The molecular formula is C25H27NO3. The molecule has 1 amide bonds. The van der Waals surface area contributed by atoms with E-state index in [4.69, 9.17) is 4.74 Å². The number of nitrogens with zero attached hydrogens (tertiary/aromatic N) is 1. The van der Waals surface area contributed by atoms with Gasteiger partial charge in [0, 0.05) is 23.6 Å². The van der Waals surface area contributed by atoms with Crippen LogP contribution in [-0.4, -0.2) is 28.9 Å². The molecule has 2 heterocycles. The van der Waals surface area contributed by atoms with E-state index in [1.807, 2.05) is 66.4 Å². The second-order valence-electron chi connectivity index (χ2n) is 8.22. The summed E-state index contributed by atoms with van der Waals surface area (Å²) in [4.78, 5) is 27.6. The highest BCUT2D eigenvalue weighted by Gasteiger charge is 2.45. The van der Waals surface area contributed by atoms with Gasteiger partial charge >= 0.3 is 6.09 Å². The molecule has 2 unspecified atom stereocenters. The SMILES string of the molecule is C=C(C)c1ccc(C(=O)C2CC3CCC(C2)N3C(=O)OCc2ccccc2)cc1. The van der Waals surface area contributed by atoms with E-state index in [1.165, 1.54) is 0 Å². The molecule has 2 atom stereocenters. The van der Waals surface area contributed by atoms with Crippen LogP contribution in [0, 0.1) is 5.92 Å². The lowest BCUT2D eigenvalue weighted by Gasteiger charge is -2.37. The van der Waals surface area contributed by atoms with Gasteiger partial charge in [-0.15, -0.1) is 0 Å². The third-order valence-corrected chi connectivity index (χ3v) is 6.18. The van der Waals surface area contributed by atoms with Crippen molar-refractivity contribution >= 4 is 17.4 Å². The van der Waals surface area contributed by atoms with Crippen molar-refractivity contribution in [2.45, 2.75) is 51.3 Å². The predicted octanol–water partition coefficient (Wildman–Crippen LogP) is 5.48. The van der Waals surface area contributed by atoms with E-state index in [1.54, 1.807) is 0 Å². The van der Waals surface area contributed by atoms with E-state index in [-0.39, 0.29) is 36.5 Å². The lowest BCUT2D eigenvalue weighted by molar-refractivity contribution is 0.0485. The summed E-state index contributed by atoms with van der Waals surface area (Å²) < 4.78 is 5.56. The fourth-order valence-corrected chi connectivity index (χ4v) is 4.64. The number of allylic oxidation sites excluding steroid dienone is 1. The first-order valence-corrected chi connectivity index (χ1v) is 10.3. The molecule has 0 aliphatic carbocycles. The van der Waals surface area contributed by atoms with Crippen LogP contribution in [0.5, 0.6) is 0 Å². The number of Topliss-reactive ketones (excluding diaryl/α,β-unsaturated/α-hetero) is 1. The Kier molecular flexibility index (Phi) is 5.52. The number of piperidine rings is 1. The Morgan fingerprint density at radius 3 is 2.14 bits per heavy atom. The van der Waals surface area contributed by atoms with Crippen LogP contribution in [-0.2, 0) is 11.3 Å². The minimum atomic E-state index is -0.252. The van der Waals surface area contributed by atoms with E-state index in [0.29, 0.717) is 0 Å². The molecule has 2 aliphatic heterocycles. The number of ether oxygens (including phenoxy) is 1. The molecule has 4 rings (SSSR count). The van der Waals surface area contributed by atoms with Crippen molar-refractivity contribution in [2.24, 2.45) is 5.92 Å². The zero-order valence-corrected chi connectivity index (χ0v) is 16.8. The van der Waals surface area contributed by atoms with Crippen LogP contribution in [0.15, 0.2) is 61.2 Å². The van der Waals surface area contributed by atoms with Crippen molar-refractivity contribution in [2.75, 3.05) is 0 Å². The average molecular weight is 389 g/mol. The molecule has 0 radical (unpaired) electrons. The van der Waals surface area contributed by atoms with Crippen molar-refractivity contribution < 1.29 is 14.3 Å². The Labute approximate surface area is 172 Å². The van der Waals surface area contributed by atoms with Gasteiger partial charge < -0.3 is 9.64 Å². The van der Waals surface area contributed by atoms with Gasteiger partial charge in [0.05, 0.1) is 0 Å². The van der Waals surface area contributed by atoms with Crippen molar-refractivity contribution in [3.05, 3.63) is 77.9 Å². The highest BCUT2D eigenvalue weighted by atomic mass is 16.6. The number of hydrogen-bond acceptors (Lipinski definition) is 3. The minimum Gasteiger partial charge on any atom is -0.445 e. The first-order valence-electron chi connectivity index (χ1n) is 10.3. The minimum absolute atomic E-state index is 0.0265. The summed E-state index contributed by atoms with van der Waals surface area (Å²) in [5, 5.41) is 0. The first kappa shape index (κ1) is 19.4. The summed E-state index contributed by atoms with van der Waals surface area (Å²) >= 11 is 0. The fraction of sp³-hybridized carbons (Fsp3) is 0.360. The summed E-state index contributed by atoms with van der Waals surface area (Å²) in [6, 6.07) is 17.6. The van der Waals surface area contributed by atoms with Gasteiger partial charge in [0.25, 0.3) is 0 Å². The number of rotatable bonds is 5. The predicted molar refractivity (Wildman–Crippen MR) is 113 cm³/mol. The quantitative estimate of drug-likeness (QED) is 0.636. The molecular weight excluding hydrogens is 362 g/mol. The number of amides is 1. The molecule has 0 aromatic heterocycles. The molecule has 2 aliphatic rings. The van der Waals surface area contributed by atoms with E-state index in [2.05, 4.69) is 6.58 Å². The van der Waals surface area contributed by atoms with E-state index < -0.39 is 0 Å². The number of carbonyl (C=O) groups excluding carboxylic acids is 2. The van der Waals surface area contributed by atoms with Gasteiger partial charge in [-0.25, -0.2) is 4.79 Å². The number of benzene rings is 2. The summed E-state index contributed by atoms with van der Waals surface area (Å²) in [6.07, 6.45) is 3.08. The molecule has 0 N–H and O–H groups in total. The number of ketones is 1. The molecule has 29 heavy (non-hydrogen) atoms. The largest absolute Gasteiger partial charge is 0.445 e. The van der Waals surface area contributed by atoms with Crippen LogP contribution in [0.2, 0.25) is 0 Å². The molecule has 0 spiro atoms. The van der Waals surface area contributed by atoms with Gasteiger partial charge in [-0.2, -0.15) is 0 Å². The fourth-order valence-electron chi connectivity index (χ4n) is 4.64. The van der Waals surface area contributed by atoms with Crippen LogP contribution in [0.1, 0.15) is 54.1 Å². The second kappa shape index (κ2) is 8.24. The highest BCUT2D eigenvalue weighted by Crippen LogP contribution is 2.40. The molecule has 4 heteroatoms. The number of carbonyl (C=O) groups is 2. The maximum absolute atomic E-state index is 13.0. The topological polar surface area (TPSA) is 46.6 Å². The Morgan fingerprint density at radius 1 is 0.966 bits per heavy atom. The van der Waals surface area contributed by atoms with Crippen molar-refractivity contribution in [3.63, 3.8) is 0 Å². The standard InChI is InChI=1S/C25H27NO3/c1-17(2)19-8-10-20(11-9-19)24(27)21-14-22-12-13-23(15-21)26(22)25(28)29-16-18-6-4-3-5-7-18/h3-11,21-23H,1,12-16H2,2H3. The summed E-state index contributed by atoms with van der Waals surface area (Å²) in [7, 11) is 0. The van der Waals surface area contributed by atoms with Gasteiger partial charge in [0.1, 0.15) is 6.61 Å². The van der Waals surface area contributed by atoms with Gasteiger partial charge in [0.15, 0.2) is 5.78 Å². The Hall–Kier alpha value is -2.88. The molecule has 2 fully saturated rings. The van der Waals surface area contributed by atoms with Crippen molar-refractivity contribution in [1.29, 1.82) is 0 Å². The lowest BCUT2D eigenvalue weighted by Crippen LogP contribution is -2.48.